The molecular weight excluding hydrogens is 402 g/mol. The molecule has 0 radical (unpaired) electrons. The zero-order valence-corrected chi connectivity index (χ0v) is 19.2. The number of benzene rings is 1. The zero-order valence-electron chi connectivity index (χ0n) is 19.2. The van der Waals surface area contributed by atoms with E-state index in [1.54, 1.807) is 6.20 Å². The first kappa shape index (κ1) is 21.3. The third-order valence-corrected chi connectivity index (χ3v) is 7.60. The highest BCUT2D eigenvalue weighted by Gasteiger charge is 2.39. The summed E-state index contributed by atoms with van der Waals surface area (Å²) in [6.07, 6.45) is 6.97. The molecule has 32 heavy (non-hydrogen) atoms. The summed E-state index contributed by atoms with van der Waals surface area (Å²) in [5, 5.41) is 0. The van der Waals surface area contributed by atoms with E-state index in [2.05, 4.69) is 41.9 Å². The summed E-state index contributed by atoms with van der Waals surface area (Å²) < 4.78 is 6.27. The number of H-pyrrole nitrogens is 1. The van der Waals surface area contributed by atoms with Gasteiger partial charge in [0.05, 0.1) is 0 Å². The molecular formula is C26H33N3O3. The molecule has 3 aliphatic heterocycles. The number of para-hydroxylation sites is 1. The first-order valence-corrected chi connectivity index (χ1v) is 11.8. The maximum atomic E-state index is 12.8. The average molecular weight is 436 g/mol. The fourth-order valence-electron chi connectivity index (χ4n) is 5.65. The molecule has 170 valence electrons. The van der Waals surface area contributed by atoms with E-state index < -0.39 is 0 Å². The number of pyridine rings is 1. The number of aromatic amines is 1. The van der Waals surface area contributed by atoms with Crippen molar-refractivity contribution < 1.29 is 9.53 Å². The predicted molar refractivity (Wildman–Crippen MR) is 124 cm³/mol. The third-order valence-electron chi connectivity index (χ3n) is 7.60. The number of nitrogens with zero attached hydrogens (tertiary/aromatic N) is 2. The fourth-order valence-corrected chi connectivity index (χ4v) is 5.65. The van der Waals surface area contributed by atoms with E-state index in [0.717, 1.165) is 57.7 Å². The summed E-state index contributed by atoms with van der Waals surface area (Å²) in [4.78, 5) is 31.7. The van der Waals surface area contributed by atoms with Crippen LogP contribution in [-0.4, -0.2) is 52.5 Å². The number of rotatable bonds is 3. The number of aromatic nitrogens is 1. The Kier molecular flexibility index (Phi) is 5.36. The van der Waals surface area contributed by atoms with Crippen LogP contribution in [0.2, 0.25) is 0 Å². The van der Waals surface area contributed by atoms with Gasteiger partial charge in [0.15, 0.2) is 5.43 Å². The Morgan fingerprint density at radius 2 is 1.78 bits per heavy atom. The van der Waals surface area contributed by atoms with Crippen molar-refractivity contribution in [3.05, 3.63) is 63.6 Å². The molecule has 0 saturated carbocycles. The molecule has 0 bridgehead atoms. The van der Waals surface area contributed by atoms with Gasteiger partial charge in [-0.3, -0.25) is 14.5 Å². The predicted octanol–water partition coefficient (Wildman–Crippen LogP) is 3.61. The second kappa shape index (κ2) is 8.07. The van der Waals surface area contributed by atoms with Crippen LogP contribution in [-0.2, 0) is 13.0 Å². The molecule has 6 heteroatoms. The van der Waals surface area contributed by atoms with Crippen molar-refractivity contribution in [1.82, 2.24) is 14.8 Å². The summed E-state index contributed by atoms with van der Waals surface area (Å²) in [7, 11) is 0. The maximum absolute atomic E-state index is 12.8. The lowest BCUT2D eigenvalue weighted by atomic mass is 9.71. The molecule has 1 aromatic carbocycles. The Morgan fingerprint density at radius 1 is 1.06 bits per heavy atom. The quantitative estimate of drug-likeness (QED) is 0.800. The number of piperidine rings is 2. The Hall–Kier alpha value is -2.60. The molecule has 2 saturated heterocycles. The molecule has 1 spiro atoms. The Bertz CT molecular complexity index is 1060. The van der Waals surface area contributed by atoms with Crippen molar-refractivity contribution in [3.8, 4) is 5.75 Å². The van der Waals surface area contributed by atoms with E-state index in [1.165, 1.54) is 36.1 Å². The minimum atomic E-state index is -0.133. The number of likely N-dealkylation sites (tertiary alicyclic amines) is 2. The van der Waals surface area contributed by atoms with E-state index in [1.807, 2.05) is 4.90 Å². The number of fused-ring (bicyclic) bond motifs is 1. The minimum Gasteiger partial charge on any atom is -0.487 e. The minimum absolute atomic E-state index is 0.0594. The van der Waals surface area contributed by atoms with Crippen molar-refractivity contribution in [2.24, 2.45) is 5.41 Å². The second-order valence-corrected chi connectivity index (χ2v) is 10.5. The topological polar surface area (TPSA) is 65.6 Å². The number of nitrogens with one attached hydrogen (secondary N) is 1. The normalized spacial score (nSPS) is 21.9. The number of carbonyl (C=O) groups is 1. The van der Waals surface area contributed by atoms with Gasteiger partial charge in [-0.25, -0.2) is 0 Å². The van der Waals surface area contributed by atoms with E-state index in [9.17, 15) is 9.59 Å². The molecule has 4 heterocycles. The molecule has 2 aromatic rings. The summed E-state index contributed by atoms with van der Waals surface area (Å²) in [6, 6.07) is 9.40. The molecule has 3 aliphatic rings. The number of hydrogen-bond donors (Lipinski definition) is 1. The molecule has 0 unspecified atom stereocenters. The van der Waals surface area contributed by atoms with Crippen LogP contribution >= 0.6 is 0 Å². The lowest BCUT2D eigenvalue weighted by molar-refractivity contribution is 0.0279. The lowest BCUT2D eigenvalue weighted by Gasteiger charge is -2.47. The molecule has 1 amide bonds. The monoisotopic (exact) mass is 435 g/mol. The van der Waals surface area contributed by atoms with E-state index in [4.69, 9.17) is 4.74 Å². The fraction of sp³-hybridized carbons (Fsp3) is 0.538. The highest BCUT2D eigenvalue weighted by atomic mass is 16.5. The van der Waals surface area contributed by atoms with Gasteiger partial charge in [0.2, 0.25) is 0 Å². The SMILES string of the molecule is CC1(C)Cc2cccc(CN3CCC4(CC3)CCN(C(=O)c3cc(=O)cc[nH]3)CC4)c2O1. The number of carbonyl (C=O) groups excluding carboxylic acids is 1. The van der Waals surface area contributed by atoms with E-state index >= 15 is 0 Å². The summed E-state index contributed by atoms with van der Waals surface area (Å²) in [5.74, 6) is 1.04. The van der Waals surface area contributed by atoms with Crippen molar-refractivity contribution in [1.29, 1.82) is 0 Å². The van der Waals surface area contributed by atoms with Crippen molar-refractivity contribution >= 4 is 5.91 Å². The molecule has 0 atom stereocenters. The van der Waals surface area contributed by atoms with Crippen LogP contribution in [0.1, 0.15) is 61.1 Å². The van der Waals surface area contributed by atoms with Crippen LogP contribution in [0.25, 0.3) is 0 Å². The average Bonchev–Trinajstić information content (AvgIpc) is 3.10. The Labute approximate surface area is 189 Å². The smallest absolute Gasteiger partial charge is 0.270 e. The maximum Gasteiger partial charge on any atom is 0.270 e. The van der Waals surface area contributed by atoms with Crippen molar-refractivity contribution in [2.75, 3.05) is 26.2 Å². The van der Waals surface area contributed by atoms with Crippen LogP contribution in [0, 0.1) is 5.41 Å². The standard InChI is InChI=1S/C26H33N3O3/c1-25(2)17-19-4-3-5-20(23(19)32-25)18-28-12-7-26(8-13-28)9-14-29(15-10-26)24(31)22-16-21(30)6-11-27-22/h3-6,11,16H,7-10,12-15,17-18H2,1-2H3,(H,27,30). The summed E-state index contributed by atoms with van der Waals surface area (Å²) >= 11 is 0. The first-order chi connectivity index (χ1) is 15.3. The van der Waals surface area contributed by atoms with Crippen LogP contribution in [0.5, 0.6) is 5.75 Å². The summed E-state index contributed by atoms with van der Waals surface area (Å²) in [6.45, 7) is 8.99. The van der Waals surface area contributed by atoms with Gasteiger partial charge < -0.3 is 14.6 Å². The van der Waals surface area contributed by atoms with Gasteiger partial charge in [-0.15, -0.1) is 0 Å². The van der Waals surface area contributed by atoms with Crippen LogP contribution in [0.3, 0.4) is 0 Å². The van der Waals surface area contributed by atoms with Gasteiger partial charge in [0, 0.05) is 49.9 Å². The molecule has 2 fully saturated rings. The van der Waals surface area contributed by atoms with Crippen LogP contribution in [0.4, 0.5) is 0 Å². The highest BCUT2D eigenvalue weighted by Crippen LogP contribution is 2.43. The Balaban J connectivity index is 1.16. The Morgan fingerprint density at radius 3 is 2.50 bits per heavy atom. The highest BCUT2D eigenvalue weighted by molar-refractivity contribution is 5.92. The molecule has 1 aromatic heterocycles. The van der Waals surface area contributed by atoms with Crippen molar-refractivity contribution in [3.63, 3.8) is 0 Å². The molecule has 1 N–H and O–H groups in total. The lowest BCUT2D eigenvalue weighted by Crippen LogP contribution is -2.48. The van der Waals surface area contributed by atoms with Crippen LogP contribution in [0.15, 0.2) is 41.3 Å². The van der Waals surface area contributed by atoms with Gasteiger partial charge in [0.25, 0.3) is 5.91 Å². The van der Waals surface area contributed by atoms with E-state index in [-0.39, 0.29) is 16.9 Å². The second-order valence-electron chi connectivity index (χ2n) is 10.5. The summed E-state index contributed by atoms with van der Waals surface area (Å²) in [5.41, 5.74) is 3.13. The van der Waals surface area contributed by atoms with E-state index in [0.29, 0.717) is 11.1 Å². The van der Waals surface area contributed by atoms with Gasteiger partial charge in [-0.2, -0.15) is 0 Å². The van der Waals surface area contributed by atoms with Gasteiger partial charge >= 0.3 is 0 Å². The molecule has 0 aliphatic carbocycles. The van der Waals surface area contributed by atoms with Crippen molar-refractivity contribution in [2.45, 2.75) is 58.1 Å². The van der Waals surface area contributed by atoms with Gasteiger partial charge in [-0.1, -0.05) is 18.2 Å². The third kappa shape index (κ3) is 4.20. The number of ether oxygens (including phenoxy) is 1. The van der Waals surface area contributed by atoms with Gasteiger partial charge in [-0.05, 0) is 63.6 Å². The largest absolute Gasteiger partial charge is 0.487 e. The first-order valence-electron chi connectivity index (χ1n) is 11.8. The number of hydrogen-bond acceptors (Lipinski definition) is 4. The number of amides is 1. The zero-order chi connectivity index (χ0) is 22.3. The van der Waals surface area contributed by atoms with Gasteiger partial charge in [0.1, 0.15) is 17.0 Å². The molecule has 5 rings (SSSR count). The van der Waals surface area contributed by atoms with Crippen LogP contribution < -0.4 is 10.2 Å². The molecule has 6 nitrogen and oxygen atoms in total.